The number of hydrogen-bond donors (Lipinski definition) is 1. The van der Waals surface area contributed by atoms with E-state index in [-0.39, 0.29) is 12.1 Å². The summed E-state index contributed by atoms with van der Waals surface area (Å²) in [6, 6.07) is 8.12. The highest BCUT2D eigenvalue weighted by atomic mass is 32.2. The number of thioether (sulfide) groups is 1. The number of rotatable bonds is 3. The molecular formula is C14H16N2OS2. The second-order valence-corrected chi connectivity index (χ2v) is 6.67. The van der Waals surface area contributed by atoms with E-state index in [9.17, 15) is 0 Å². The van der Waals surface area contributed by atoms with Gasteiger partial charge in [0.15, 0.2) is 0 Å². The van der Waals surface area contributed by atoms with Gasteiger partial charge in [0.25, 0.3) is 0 Å². The minimum atomic E-state index is -0.00796. The second-order valence-electron chi connectivity index (χ2n) is 4.66. The average Bonchev–Trinajstić information content (AvgIpc) is 2.83. The van der Waals surface area contributed by atoms with E-state index in [0.717, 1.165) is 28.6 Å². The summed E-state index contributed by atoms with van der Waals surface area (Å²) in [4.78, 5) is 5.67. The van der Waals surface area contributed by atoms with Gasteiger partial charge in [-0.2, -0.15) is 0 Å². The summed E-state index contributed by atoms with van der Waals surface area (Å²) in [5, 5.41) is 3.16. The van der Waals surface area contributed by atoms with Crippen LogP contribution in [0.2, 0.25) is 0 Å². The quantitative estimate of drug-likeness (QED) is 0.945. The Morgan fingerprint density at radius 2 is 2.32 bits per heavy atom. The van der Waals surface area contributed by atoms with Crippen molar-refractivity contribution in [1.82, 2.24) is 4.98 Å². The smallest absolute Gasteiger partial charge is 0.133 e. The van der Waals surface area contributed by atoms with Crippen LogP contribution in [0.1, 0.15) is 10.7 Å². The zero-order valence-electron chi connectivity index (χ0n) is 10.7. The third-order valence-electron chi connectivity index (χ3n) is 3.09. The molecule has 2 aromatic rings. The summed E-state index contributed by atoms with van der Waals surface area (Å²) in [6.45, 7) is 2.01. The molecule has 1 aromatic carbocycles. The molecule has 0 amide bonds. The van der Waals surface area contributed by atoms with E-state index in [4.69, 9.17) is 10.5 Å². The van der Waals surface area contributed by atoms with E-state index in [0.29, 0.717) is 0 Å². The van der Waals surface area contributed by atoms with Crippen molar-refractivity contribution in [3.8, 4) is 5.75 Å². The van der Waals surface area contributed by atoms with Gasteiger partial charge in [0.05, 0.1) is 5.01 Å². The molecule has 2 N–H and O–H groups in total. The standard InChI is InChI=1S/C14H16N2OS2/c1-9-7-19-14(16-9)6-10(15)12-8-18-13-5-3-2-4-11(13)17-12/h2-5,7,10,12H,6,8,15H2,1H3. The summed E-state index contributed by atoms with van der Waals surface area (Å²) < 4.78 is 6.00. The van der Waals surface area contributed by atoms with Crippen LogP contribution in [0.25, 0.3) is 0 Å². The Hall–Kier alpha value is -1.04. The molecule has 1 aromatic heterocycles. The molecule has 3 rings (SSSR count). The first kappa shape index (κ1) is 13.0. The third kappa shape index (κ3) is 2.94. The SMILES string of the molecule is Cc1csc(CC(N)C2CSc3ccccc3O2)n1. The van der Waals surface area contributed by atoms with Crippen molar-refractivity contribution in [2.24, 2.45) is 5.73 Å². The van der Waals surface area contributed by atoms with Crippen molar-refractivity contribution in [2.75, 3.05) is 5.75 Å². The Morgan fingerprint density at radius 3 is 3.11 bits per heavy atom. The number of thiazole rings is 1. The van der Waals surface area contributed by atoms with Gasteiger partial charge in [0.1, 0.15) is 11.9 Å². The highest BCUT2D eigenvalue weighted by Gasteiger charge is 2.26. The van der Waals surface area contributed by atoms with Gasteiger partial charge in [-0.15, -0.1) is 23.1 Å². The Balaban J connectivity index is 1.67. The zero-order chi connectivity index (χ0) is 13.2. The molecule has 100 valence electrons. The minimum Gasteiger partial charge on any atom is -0.487 e. The number of para-hydroxylation sites is 1. The normalized spacial score (nSPS) is 19.6. The van der Waals surface area contributed by atoms with Gasteiger partial charge in [0, 0.05) is 34.2 Å². The van der Waals surface area contributed by atoms with Crippen LogP contribution in [0.5, 0.6) is 5.75 Å². The number of nitrogens with two attached hydrogens (primary N) is 1. The highest BCUT2D eigenvalue weighted by molar-refractivity contribution is 7.99. The molecule has 0 fully saturated rings. The van der Waals surface area contributed by atoms with E-state index in [1.807, 2.05) is 36.9 Å². The Morgan fingerprint density at radius 1 is 1.47 bits per heavy atom. The van der Waals surface area contributed by atoms with Crippen molar-refractivity contribution < 1.29 is 4.74 Å². The minimum absolute atomic E-state index is 0.00796. The van der Waals surface area contributed by atoms with Crippen molar-refractivity contribution in [3.05, 3.63) is 40.3 Å². The summed E-state index contributed by atoms with van der Waals surface area (Å²) in [5.74, 6) is 1.86. The number of hydrogen-bond acceptors (Lipinski definition) is 5. The molecule has 19 heavy (non-hydrogen) atoms. The fraction of sp³-hybridized carbons (Fsp3) is 0.357. The van der Waals surface area contributed by atoms with Gasteiger partial charge in [-0.3, -0.25) is 0 Å². The first-order chi connectivity index (χ1) is 9.22. The van der Waals surface area contributed by atoms with Crippen molar-refractivity contribution in [1.29, 1.82) is 0 Å². The number of aromatic nitrogens is 1. The fourth-order valence-electron chi connectivity index (χ4n) is 2.08. The molecule has 0 saturated carbocycles. The van der Waals surface area contributed by atoms with Crippen LogP contribution in [0, 0.1) is 6.92 Å². The van der Waals surface area contributed by atoms with Gasteiger partial charge < -0.3 is 10.5 Å². The second kappa shape index (κ2) is 5.53. The van der Waals surface area contributed by atoms with Crippen molar-refractivity contribution in [2.45, 2.75) is 30.4 Å². The predicted molar refractivity (Wildman–Crippen MR) is 80.1 cm³/mol. The van der Waals surface area contributed by atoms with Crippen LogP contribution in [0.3, 0.4) is 0 Å². The Bertz CT molecular complexity index is 570. The van der Waals surface area contributed by atoms with E-state index in [1.54, 1.807) is 11.3 Å². The molecule has 1 aliphatic heterocycles. The van der Waals surface area contributed by atoms with Gasteiger partial charge in [0.2, 0.25) is 0 Å². The molecule has 0 aliphatic carbocycles. The molecule has 1 aliphatic rings. The number of nitrogens with zero attached hydrogens (tertiary/aromatic N) is 1. The Kier molecular flexibility index (Phi) is 3.77. The lowest BCUT2D eigenvalue weighted by Gasteiger charge is -2.29. The molecule has 0 saturated heterocycles. The first-order valence-electron chi connectivity index (χ1n) is 6.27. The van der Waals surface area contributed by atoms with Crippen LogP contribution in [-0.2, 0) is 6.42 Å². The molecule has 0 bridgehead atoms. The highest BCUT2D eigenvalue weighted by Crippen LogP contribution is 2.35. The van der Waals surface area contributed by atoms with Gasteiger partial charge in [-0.05, 0) is 19.1 Å². The van der Waals surface area contributed by atoms with E-state index in [2.05, 4.69) is 16.4 Å². The average molecular weight is 292 g/mol. The van der Waals surface area contributed by atoms with Crippen LogP contribution in [0.4, 0.5) is 0 Å². The number of aryl methyl sites for hydroxylation is 1. The van der Waals surface area contributed by atoms with Gasteiger partial charge in [-0.25, -0.2) is 4.98 Å². The van der Waals surface area contributed by atoms with Gasteiger partial charge in [-0.1, -0.05) is 12.1 Å². The molecule has 0 spiro atoms. The summed E-state index contributed by atoms with van der Waals surface area (Å²) >= 11 is 3.49. The summed E-state index contributed by atoms with van der Waals surface area (Å²) in [5.41, 5.74) is 7.34. The Labute approximate surface area is 121 Å². The molecular weight excluding hydrogens is 276 g/mol. The number of ether oxygens (including phenoxy) is 1. The lowest BCUT2D eigenvalue weighted by atomic mass is 10.1. The molecule has 3 nitrogen and oxygen atoms in total. The van der Waals surface area contributed by atoms with Crippen LogP contribution in [-0.4, -0.2) is 22.9 Å². The summed E-state index contributed by atoms with van der Waals surface area (Å²) in [6.07, 6.45) is 0.843. The monoisotopic (exact) mass is 292 g/mol. The topological polar surface area (TPSA) is 48.1 Å². The lowest BCUT2D eigenvalue weighted by Crippen LogP contribution is -2.43. The maximum atomic E-state index is 6.28. The fourth-order valence-corrected chi connectivity index (χ4v) is 4.01. The van der Waals surface area contributed by atoms with Crippen LogP contribution in [0.15, 0.2) is 34.5 Å². The predicted octanol–water partition coefficient (Wildman–Crippen LogP) is 2.87. The van der Waals surface area contributed by atoms with Crippen LogP contribution >= 0.6 is 23.1 Å². The van der Waals surface area contributed by atoms with E-state index in [1.165, 1.54) is 4.90 Å². The molecule has 2 heterocycles. The van der Waals surface area contributed by atoms with Crippen molar-refractivity contribution >= 4 is 23.1 Å². The molecule has 0 radical (unpaired) electrons. The first-order valence-corrected chi connectivity index (χ1v) is 8.14. The van der Waals surface area contributed by atoms with E-state index < -0.39 is 0 Å². The molecule has 2 unspecified atom stereocenters. The largest absolute Gasteiger partial charge is 0.487 e. The maximum Gasteiger partial charge on any atom is 0.133 e. The van der Waals surface area contributed by atoms with Crippen molar-refractivity contribution in [3.63, 3.8) is 0 Å². The van der Waals surface area contributed by atoms with Gasteiger partial charge >= 0.3 is 0 Å². The summed E-state index contributed by atoms with van der Waals surface area (Å²) in [7, 11) is 0. The lowest BCUT2D eigenvalue weighted by molar-refractivity contribution is 0.184. The molecule has 2 atom stereocenters. The number of benzene rings is 1. The molecule has 5 heteroatoms. The van der Waals surface area contributed by atoms with Crippen LogP contribution < -0.4 is 10.5 Å². The number of fused-ring (bicyclic) bond motifs is 1. The zero-order valence-corrected chi connectivity index (χ0v) is 12.3. The maximum absolute atomic E-state index is 6.28. The van der Waals surface area contributed by atoms with E-state index >= 15 is 0 Å². The third-order valence-corrected chi connectivity index (χ3v) is 5.22.